The number of benzene rings is 1. The molecule has 0 bridgehead atoms. The van der Waals surface area contributed by atoms with Crippen molar-refractivity contribution in [3.05, 3.63) is 42.2 Å². The summed E-state index contributed by atoms with van der Waals surface area (Å²) in [5.41, 5.74) is 6.61. The monoisotopic (exact) mass is 259 g/mol. The van der Waals surface area contributed by atoms with E-state index in [9.17, 15) is 4.79 Å². The highest BCUT2D eigenvalue weighted by atomic mass is 16.2. The van der Waals surface area contributed by atoms with Crippen LogP contribution in [0.3, 0.4) is 0 Å². The van der Waals surface area contributed by atoms with E-state index in [1.54, 1.807) is 0 Å². The summed E-state index contributed by atoms with van der Waals surface area (Å²) in [4.78, 5) is 13.3. The predicted octanol–water partition coefficient (Wildman–Crippen LogP) is 0.592. The smallest absolute Gasteiger partial charge is 0.273 e. The molecule has 0 aliphatic rings. The standard InChI is InChI=1S/C13H17N5O/c1-10(7-14)8-15-13(19)12-9-16-18(17-12)11-5-3-2-4-6-11/h2-6,9-10H,7-8,14H2,1H3,(H,15,19). The fraction of sp³-hybridized carbons (Fsp3) is 0.308. The fourth-order valence-corrected chi connectivity index (χ4v) is 1.49. The highest BCUT2D eigenvalue weighted by molar-refractivity contribution is 5.91. The van der Waals surface area contributed by atoms with Gasteiger partial charge in [-0.2, -0.15) is 9.90 Å². The van der Waals surface area contributed by atoms with Gasteiger partial charge in [-0.3, -0.25) is 4.79 Å². The van der Waals surface area contributed by atoms with Crippen molar-refractivity contribution in [3.8, 4) is 5.69 Å². The highest BCUT2D eigenvalue weighted by Gasteiger charge is 2.11. The minimum Gasteiger partial charge on any atom is -0.350 e. The Morgan fingerprint density at radius 3 is 2.84 bits per heavy atom. The lowest BCUT2D eigenvalue weighted by Gasteiger charge is -2.08. The van der Waals surface area contributed by atoms with Crippen molar-refractivity contribution in [2.24, 2.45) is 11.7 Å². The molecule has 0 radical (unpaired) electrons. The summed E-state index contributed by atoms with van der Waals surface area (Å²) in [6, 6.07) is 9.44. The molecule has 0 saturated heterocycles. The van der Waals surface area contributed by atoms with Gasteiger partial charge in [0.15, 0.2) is 5.69 Å². The number of hydrogen-bond acceptors (Lipinski definition) is 4. The van der Waals surface area contributed by atoms with Crippen LogP contribution in [0.2, 0.25) is 0 Å². The van der Waals surface area contributed by atoms with Crippen LogP contribution in [0, 0.1) is 5.92 Å². The molecule has 2 rings (SSSR count). The molecule has 0 aliphatic carbocycles. The van der Waals surface area contributed by atoms with Gasteiger partial charge in [0.05, 0.1) is 11.9 Å². The van der Waals surface area contributed by atoms with E-state index in [-0.39, 0.29) is 11.8 Å². The Morgan fingerprint density at radius 1 is 1.42 bits per heavy atom. The molecular formula is C13H17N5O. The molecule has 100 valence electrons. The zero-order chi connectivity index (χ0) is 13.7. The molecule has 1 heterocycles. The summed E-state index contributed by atoms with van der Waals surface area (Å²) < 4.78 is 0. The van der Waals surface area contributed by atoms with Crippen molar-refractivity contribution in [2.45, 2.75) is 6.92 Å². The lowest BCUT2D eigenvalue weighted by atomic mass is 10.2. The first-order chi connectivity index (χ1) is 9.20. The van der Waals surface area contributed by atoms with Gasteiger partial charge in [-0.15, -0.1) is 5.10 Å². The Hall–Kier alpha value is -2.21. The Labute approximate surface area is 111 Å². The van der Waals surface area contributed by atoms with E-state index in [1.165, 1.54) is 11.0 Å². The van der Waals surface area contributed by atoms with Gasteiger partial charge in [0, 0.05) is 6.54 Å². The van der Waals surface area contributed by atoms with E-state index in [0.717, 1.165) is 5.69 Å². The van der Waals surface area contributed by atoms with E-state index in [2.05, 4.69) is 15.5 Å². The second-order valence-electron chi connectivity index (χ2n) is 4.41. The molecule has 0 spiro atoms. The minimum absolute atomic E-state index is 0.234. The molecule has 1 aromatic carbocycles. The van der Waals surface area contributed by atoms with Crippen molar-refractivity contribution >= 4 is 5.91 Å². The Balaban J connectivity index is 2.03. The van der Waals surface area contributed by atoms with E-state index < -0.39 is 0 Å². The summed E-state index contributed by atoms with van der Waals surface area (Å²) in [5.74, 6) is 0.00981. The van der Waals surface area contributed by atoms with Crippen LogP contribution < -0.4 is 11.1 Å². The van der Waals surface area contributed by atoms with Crippen molar-refractivity contribution in [1.82, 2.24) is 20.3 Å². The Morgan fingerprint density at radius 2 is 2.16 bits per heavy atom. The van der Waals surface area contributed by atoms with Crippen LogP contribution in [0.5, 0.6) is 0 Å². The van der Waals surface area contributed by atoms with Gasteiger partial charge in [0.2, 0.25) is 0 Å². The average molecular weight is 259 g/mol. The number of nitrogens with two attached hydrogens (primary N) is 1. The molecule has 0 saturated carbocycles. The molecule has 1 aromatic heterocycles. The quantitative estimate of drug-likeness (QED) is 0.823. The summed E-state index contributed by atoms with van der Waals surface area (Å²) >= 11 is 0. The van der Waals surface area contributed by atoms with E-state index in [4.69, 9.17) is 5.73 Å². The minimum atomic E-state index is -0.234. The maximum absolute atomic E-state index is 11.8. The number of carbonyl (C=O) groups excluding carboxylic acids is 1. The normalized spacial score (nSPS) is 12.1. The summed E-state index contributed by atoms with van der Waals surface area (Å²) in [6.45, 7) is 3.05. The molecule has 0 fully saturated rings. The molecule has 0 aliphatic heterocycles. The maximum atomic E-state index is 11.8. The molecule has 1 atom stereocenters. The van der Waals surface area contributed by atoms with Crippen molar-refractivity contribution < 1.29 is 4.79 Å². The number of nitrogens with one attached hydrogen (secondary N) is 1. The fourth-order valence-electron chi connectivity index (χ4n) is 1.49. The number of hydrogen-bond donors (Lipinski definition) is 2. The topological polar surface area (TPSA) is 85.8 Å². The predicted molar refractivity (Wildman–Crippen MR) is 71.9 cm³/mol. The van der Waals surface area contributed by atoms with Gasteiger partial charge in [0.25, 0.3) is 5.91 Å². The zero-order valence-corrected chi connectivity index (χ0v) is 10.8. The average Bonchev–Trinajstić information content (AvgIpc) is 2.95. The van der Waals surface area contributed by atoms with Crippen LogP contribution >= 0.6 is 0 Å². The molecular weight excluding hydrogens is 242 g/mol. The third-order valence-electron chi connectivity index (χ3n) is 2.73. The number of aromatic nitrogens is 3. The van der Waals surface area contributed by atoms with Crippen molar-refractivity contribution in [1.29, 1.82) is 0 Å². The highest BCUT2D eigenvalue weighted by Crippen LogP contribution is 2.04. The second kappa shape index (κ2) is 6.10. The van der Waals surface area contributed by atoms with Crippen LogP contribution in [0.25, 0.3) is 5.69 Å². The first-order valence-corrected chi connectivity index (χ1v) is 6.16. The molecule has 6 heteroatoms. The van der Waals surface area contributed by atoms with Crippen LogP contribution in [0.4, 0.5) is 0 Å². The summed E-state index contributed by atoms with van der Waals surface area (Å²) in [6.07, 6.45) is 1.45. The SMILES string of the molecule is CC(CN)CNC(=O)c1cnn(-c2ccccc2)n1. The van der Waals surface area contributed by atoms with Gasteiger partial charge in [-0.1, -0.05) is 25.1 Å². The van der Waals surface area contributed by atoms with Crippen molar-refractivity contribution in [2.75, 3.05) is 13.1 Å². The van der Waals surface area contributed by atoms with E-state index >= 15 is 0 Å². The van der Waals surface area contributed by atoms with Gasteiger partial charge in [-0.05, 0) is 24.6 Å². The lowest BCUT2D eigenvalue weighted by Crippen LogP contribution is -2.31. The van der Waals surface area contributed by atoms with Crippen LogP contribution in [-0.2, 0) is 0 Å². The van der Waals surface area contributed by atoms with Gasteiger partial charge in [0.1, 0.15) is 0 Å². The number of nitrogens with zero attached hydrogens (tertiary/aromatic N) is 3. The third-order valence-corrected chi connectivity index (χ3v) is 2.73. The first-order valence-electron chi connectivity index (χ1n) is 6.16. The molecule has 19 heavy (non-hydrogen) atoms. The second-order valence-corrected chi connectivity index (χ2v) is 4.41. The third kappa shape index (κ3) is 3.38. The van der Waals surface area contributed by atoms with Gasteiger partial charge in [-0.25, -0.2) is 0 Å². The molecule has 1 amide bonds. The Bertz CT molecular complexity index is 537. The summed E-state index contributed by atoms with van der Waals surface area (Å²) in [5, 5.41) is 11.0. The Kier molecular flexibility index (Phi) is 4.25. The zero-order valence-electron chi connectivity index (χ0n) is 10.8. The molecule has 1 unspecified atom stereocenters. The molecule has 6 nitrogen and oxygen atoms in total. The number of carbonyl (C=O) groups is 1. The number of para-hydroxylation sites is 1. The van der Waals surface area contributed by atoms with E-state index in [0.29, 0.717) is 18.8 Å². The van der Waals surface area contributed by atoms with Crippen LogP contribution in [-0.4, -0.2) is 34.0 Å². The molecule has 3 N–H and O–H groups in total. The number of amides is 1. The maximum Gasteiger partial charge on any atom is 0.273 e. The van der Waals surface area contributed by atoms with Crippen LogP contribution in [0.15, 0.2) is 36.5 Å². The largest absolute Gasteiger partial charge is 0.350 e. The van der Waals surface area contributed by atoms with Gasteiger partial charge >= 0.3 is 0 Å². The number of rotatable bonds is 5. The summed E-state index contributed by atoms with van der Waals surface area (Å²) in [7, 11) is 0. The van der Waals surface area contributed by atoms with Crippen LogP contribution in [0.1, 0.15) is 17.4 Å². The van der Waals surface area contributed by atoms with E-state index in [1.807, 2.05) is 37.3 Å². The van der Waals surface area contributed by atoms with Crippen molar-refractivity contribution in [3.63, 3.8) is 0 Å². The first kappa shape index (κ1) is 13.2. The molecule has 2 aromatic rings. The lowest BCUT2D eigenvalue weighted by molar-refractivity contribution is 0.0943. The van der Waals surface area contributed by atoms with Gasteiger partial charge < -0.3 is 11.1 Å².